The molecule has 78 valence electrons. The number of aryl methyl sites for hydroxylation is 1. The van der Waals surface area contributed by atoms with E-state index in [1.165, 1.54) is 0 Å². The van der Waals surface area contributed by atoms with Gasteiger partial charge in [-0.2, -0.15) is 0 Å². The number of furan rings is 1. The number of carbonyl (C=O) groups is 1. The van der Waals surface area contributed by atoms with Crippen molar-refractivity contribution >= 4 is 5.91 Å². The van der Waals surface area contributed by atoms with Gasteiger partial charge in [0.1, 0.15) is 5.76 Å². The van der Waals surface area contributed by atoms with Gasteiger partial charge in [-0.15, -0.1) is 0 Å². The van der Waals surface area contributed by atoms with Crippen molar-refractivity contribution in [2.45, 2.75) is 19.9 Å². The summed E-state index contributed by atoms with van der Waals surface area (Å²) in [6.45, 7) is 4.40. The highest BCUT2D eigenvalue weighted by Gasteiger charge is 2.09. The molecule has 1 atom stereocenters. The van der Waals surface area contributed by atoms with Crippen LogP contribution in [0.1, 0.15) is 23.2 Å². The maximum atomic E-state index is 11.4. The lowest BCUT2D eigenvalue weighted by Crippen LogP contribution is -2.37. The molecule has 0 bridgehead atoms. The molecule has 0 spiro atoms. The van der Waals surface area contributed by atoms with Gasteiger partial charge >= 0.3 is 0 Å². The van der Waals surface area contributed by atoms with Crippen molar-refractivity contribution in [3.63, 3.8) is 0 Å². The van der Waals surface area contributed by atoms with E-state index in [1.54, 1.807) is 12.1 Å². The molecule has 4 heteroatoms. The molecule has 0 saturated heterocycles. The largest absolute Gasteiger partial charge is 0.456 e. The van der Waals surface area contributed by atoms with E-state index in [-0.39, 0.29) is 11.9 Å². The Morgan fingerprint density at radius 2 is 2.29 bits per heavy atom. The third-order valence-electron chi connectivity index (χ3n) is 2.03. The molecule has 4 nitrogen and oxygen atoms in total. The number of hydrogen-bond donors (Lipinski definition) is 2. The van der Waals surface area contributed by atoms with Crippen LogP contribution in [0.3, 0.4) is 0 Å². The van der Waals surface area contributed by atoms with Crippen LogP contribution >= 0.6 is 0 Å². The molecule has 1 heterocycles. The Hall–Kier alpha value is -1.29. The fourth-order valence-corrected chi connectivity index (χ4v) is 0.992. The monoisotopic (exact) mass is 196 g/mol. The molecule has 0 aromatic carbocycles. The molecule has 1 aromatic rings. The maximum absolute atomic E-state index is 11.4. The van der Waals surface area contributed by atoms with Crippen LogP contribution in [0.4, 0.5) is 0 Å². The predicted molar refractivity (Wildman–Crippen MR) is 54.3 cm³/mol. The van der Waals surface area contributed by atoms with Gasteiger partial charge in [0.15, 0.2) is 5.76 Å². The van der Waals surface area contributed by atoms with Gasteiger partial charge < -0.3 is 15.1 Å². The maximum Gasteiger partial charge on any atom is 0.287 e. The Morgan fingerprint density at radius 3 is 2.79 bits per heavy atom. The SMILES string of the molecule is CNC(C)CNC(=O)c1ccc(C)o1. The molecule has 1 rings (SSSR count). The first-order valence-corrected chi connectivity index (χ1v) is 4.65. The Bertz CT molecular complexity index is 307. The number of nitrogens with one attached hydrogen (secondary N) is 2. The second-order valence-corrected chi connectivity index (χ2v) is 3.31. The van der Waals surface area contributed by atoms with Crippen molar-refractivity contribution in [2.24, 2.45) is 0 Å². The van der Waals surface area contributed by atoms with Crippen LogP contribution in [0.2, 0.25) is 0 Å². The summed E-state index contributed by atoms with van der Waals surface area (Å²) >= 11 is 0. The fraction of sp³-hybridized carbons (Fsp3) is 0.500. The normalized spacial score (nSPS) is 12.5. The molecule has 0 aliphatic rings. The second-order valence-electron chi connectivity index (χ2n) is 3.31. The van der Waals surface area contributed by atoms with E-state index in [0.29, 0.717) is 12.3 Å². The van der Waals surface area contributed by atoms with E-state index < -0.39 is 0 Å². The minimum Gasteiger partial charge on any atom is -0.456 e. The molecular weight excluding hydrogens is 180 g/mol. The van der Waals surface area contributed by atoms with Crippen LogP contribution in [0.15, 0.2) is 16.5 Å². The van der Waals surface area contributed by atoms with E-state index in [4.69, 9.17) is 4.42 Å². The Kier molecular flexibility index (Phi) is 3.71. The van der Waals surface area contributed by atoms with Gasteiger partial charge in [-0.1, -0.05) is 0 Å². The van der Waals surface area contributed by atoms with Crippen LogP contribution < -0.4 is 10.6 Å². The van der Waals surface area contributed by atoms with Crippen LogP contribution in [0.5, 0.6) is 0 Å². The standard InChI is InChI=1S/C10H16N2O2/c1-7(11-3)6-12-10(13)9-5-4-8(2)14-9/h4-5,7,11H,6H2,1-3H3,(H,12,13). The van der Waals surface area contributed by atoms with Gasteiger partial charge in [0, 0.05) is 12.6 Å². The van der Waals surface area contributed by atoms with Crippen molar-refractivity contribution < 1.29 is 9.21 Å². The molecule has 0 aliphatic carbocycles. The lowest BCUT2D eigenvalue weighted by molar-refractivity contribution is 0.0921. The molecule has 0 aliphatic heterocycles. The summed E-state index contributed by atoms with van der Waals surface area (Å²) in [6.07, 6.45) is 0. The number of amides is 1. The zero-order valence-corrected chi connectivity index (χ0v) is 8.76. The summed E-state index contributed by atoms with van der Waals surface area (Å²) in [5, 5.41) is 5.80. The number of carbonyl (C=O) groups excluding carboxylic acids is 1. The zero-order valence-electron chi connectivity index (χ0n) is 8.76. The van der Waals surface area contributed by atoms with E-state index in [1.807, 2.05) is 20.9 Å². The zero-order chi connectivity index (χ0) is 10.6. The van der Waals surface area contributed by atoms with E-state index >= 15 is 0 Å². The van der Waals surface area contributed by atoms with Gasteiger partial charge in [-0.25, -0.2) is 0 Å². The predicted octanol–water partition coefficient (Wildman–Crippen LogP) is 0.926. The first-order valence-electron chi connectivity index (χ1n) is 4.65. The highest BCUT2D eigenvalue weighted by atomic mass is 16.3. The van der Waals surface area contributed by atoms with E-state index in [9.17, 15) is 4.79 Å². The quantitative estimate of drug-likeness (QED) is 0.753. The van der Waals surface area contributed by atoms with Crippen LogP contribution in [0, 0.1) is 6.92 Å². The van der Waals surface area contributed by atoms with Crippen molar-refractivity contribution in [1.82, 2.24) is 10.6 Å². The lowest BCUT2D eigenvalue weighted by atomic mass is 10.3. The first kappa shape index (κ1) is 10.8. The number of likely N-dealkylation sites (N-methyl/N-ethyl adjacent to an activating group) is 1. The second kappa shape index (κ2) is 4.81. The third kappa shape index (κ3) is 2.88. The summed E-state index contributed by atoms with van der Waals surface area (Å²) in [5.74, 6) is 0.947. The van der Waals surface area contributed by atoms with Gasteiger partial charge in [0.25, 0.3) is 5.91 Å². The summed E-state index contributed by atoms with van der Waals surface area (Å²) in [5.41, 5.74) is 0. The van der Waals surface area contributed by atoms with E-state index in [2.05, 4.69) is 10.6 Å². The smallest absolute Gasteiger partial charge is 0.287 e. The molecule has 1 amide bonds. The summed E-state index contributed by atoms with van der Waals surface area (Å²) in [4.78, 5) is 11.4. The molecule has 1 unspecified atom stereocenters. The Morgan fingerprint density at radius 1 is 1.57 bits per heavy atom. The molecule has 0 saturated carbocycles. The third-order valence-corrected chi connectivity index (χ3v) is 2.03. The lowest BCUT2D eigenvalue weighted by Gasteiger charge is -2.09. The summed E-state index contributed by atoms with van der Waals surface area (Å²) in [7, 11) is 1.86. The molecule has 1 aromatic heterocycles. The van der Waals surface area contributed by atoms with Crippen LogP contribution in [-0.2, 0) is 0 Å². The van der Waals surface area contributed by atoms with Crippen molar-refractivity contribution in [3.05, 3.63) is 23.7 Å². The highest BCUT2D eigenvalue weighted by molar-refractivity contribution is 5.91. The Balaban J connectivity index is 2.43. The van der Waals surface area contributed by atoms with Crippen molar-refractivity contribution in [3.8, 4) is 0 Å². The van der Waals surface area contributed by atoms with Crippen molar-refractivity contribution in [2.75, 3.05) is 13.6 Å². The first-order chi connectivity index (χ1) is 6.63. The van der Waals surface area contributed by atoms with Gasteiger partial charge in [0.2, 0.25) is 0 Å². The average molecular weight is 196 g/mol. The summed E-state index contributed by atoms with van der Waals surface area (Å²) in [6, 6.07) is 3.71. The minimum absolute atomic E-state index is 0.166. The topological polar surface area (TPSA) is 54.3 Å². The number of hydrogen-bond acceptors (Lipinski definition) is 3. The molecular formula is C10H16N2O2. The van der Waals surface area contributed by atoms with Crippen molar-refractivity contribution in [1.29, 1.82) is 0 Å². The van der Waals surface area contributed by atoms with Crippen LogP contribution in [0.25, 0.3) is 0 Å². The fourth-order valence-electron chi connectivity index (χ4n) is 0.992. The number of rotatable bonds is 4. The van der Waals surface area contributed by atoms with Gasteiger partial charge in [0.05, 0.1) is 0 Å². The Labute approximate surface area is 83.7 Å². The molecule has 0 radical (unpaired) electrons. The molecule has 2 N–H and O–H groups in total. The van der Waals surface area contributed by atoms with Gasteiger partial charge in [-0.3, -0.25) is 4.79 Å². The molecule has 14 heavy (non-hydrogen) atoms. The average Bonchev–Trinajstić information content (AvgIpc) is 2.60. The molecule has 0 fully saturated rings. The minimum atomic E-state index is -0.166. The highest BCUT2D eigenvalue weighted by Crippen LogP contribution is 2.05. The van der Waals surface area contributed by atoms with Gasteiger partial charge in [-0.05, 0) is 33.0 Å². The van der Waals surface area contributed by atoms with E-state index in [0.717, 1.165) is 5.76 Å². The van der Waals surface area contributed by atoms with Crippen LogP contribution in [-0.4, -0.2) is 25.5 Å². The summed E-state index contributed by atoms with van der Waals surface area (Å²) < 4.78 is 5.18.